The van der Waals surface area contributed by atoms with E-state index in [9.17, 15) is 0 Å². The quantitative estimate of drug-likeness (QED) is 0.143. The zero-order chi connectivity index (χ0) is 49.0. The van der Waals surface area contributed by atoms with Gasteiger partial charge in [0.15, 0.2) is 29.1 Å². The minimum Gasteiger partial charge on any atom is -0.306 e. The molecule has 14 rings (SSSR count). The van der Waals surface area contributed by atoms with Gasteiger partial charge in [-0.1, -0.05) is 231 Å². The highest BCUT2D eigenvalue weighted by atomic mass is 15.2. The van der Waals surface area contributed by atoms with E-state index in [1.54, 1.807) is 0 Å². The molecular formula is C66H42N8. The van der Waals surface area contributed by atoms with Gasteiger partial charge in [0.2, 0.25) is 5.95 Å². The van der Waals surface area contributed by atoms with Crippen molar-refractivity contribution in [3.05, 3.63) is 255 Å². The molecule has 0 saturated heterocycles. The fourth-order valence-electron chi connectivity index (χ4n) is 10.4. The lowest BCUT2D eigenvalue weighted by Crippen LogP contribution is -2.07. The molecule has 0 aliphatic heterocycles. The molecule has 8 heteroatoms. The fraction of sp³-hybridized carbons (Fsp3) is 0. The molecule has 0 spiro atoms. The molecule has 8 nitrogen and oxygen atoms in total. The summed E-state index contributed by atoms with van der Waals surface area (Å²) in [7, 11) is 0. The number of hydrogen-bond donors (Lipinski definition) is 0. The Hall–Kier alpha value is -10.2. The lowest BCUT2D eigenvalue weighted by atomic mass is 10.0. The first-order valence-electron chi connectivity index (χ1n) is 24.7. The minimum absolute atomic E-state index is 0.518. The first-order valence-corrected chi connectivity index (χ1v) is 24.7. The molecule has 0 aliphatic carbocycles. The van der Waals surface area contributed by atoms with Crippen molar-refractivity contribution in [3.8, 4) is 90.8 Å². The van der Waals surface area contributed by atoms with Crippen LogP contribution in [0.4, 0.5) is 0 Å². The molecule has 0 bridgehead atoms. The number of fused-ring (bicyclic) bond motifs is 7. The van der Waals surface area contributed by atoms with Crippen molar-refractivity contribution in [1.29, 1.82) is 0 Å². The smallest absolute Gasteiger partial charge is 0.238 e. The van der Waals surface area contributed by atoms with Gasteiger partial charge < -0.3 is 4.57 Å². The zero-order valence-corrected chi connectivity index (χ0v) is 39.8. The van der Waals surface area contributed by atoms with Gasteiger partial charge in [0, 0.05) is 49.4 Å². The summed E-state index contributed by atoms with van der Waals surface area (Å²) in [5, 5.41) is 4.35. The van der Waals surface area contributed by atoms with Crippen LogP contribution in [0.2, 0.25) is 0 Å². The van der Waals surface area contributed by atoms with Gasteiger partial charge >= 0.3 is 0 Å². The van der Waals surface area contributed by atoms with Crippen molar-refractivity contribution in [3.63, 3.8) is 0 Å². The molecule has 0 amide bonds. The average molecular weight is 947 g/mol. The van der Waals surface area contributed by atoms with Gasteiger partial charge in [-0.15, -0.1) is 0 Å². The molecule has 346 valence electrons. The molecule has 4 heterocycles. The van der Waals surface area contributed by atoms with Gasteiger partial charge in [0.25, 0.3) is 0 Å². The minimum atomic E-state index is 0.518. The van der Waals surface area contributed by atoms with Crippen LogP contribution in [0.25, 0.3) is 134 Å². The summed E-state index contributed by atoms with van der Waals surface area (Å²) >= 11 is 0. The van der Waals surface area contributed by atoms with Gasteiger partial charge in [-0.25, -0.2) is 19.9 Å². The maximum Gasteiger partial charge on any atom is 0.238 e. The Morgan fingerprint density at radius 1 is 0.216 bits per heavy atom. The maximum atomic E-state index is 5.37. The number of rotatable bonds is 9. The highest BCUT2D eigenvalue weighted by Gasteiger charge is 2.25. The van der Waals surface area contributed by atoms with Crippen LogP contribution >= 0.6 is 0 Å². The molecule has 74 heavy (non-hydrogen) atoms. The molecule has 0 fully saturated rings. The SMILES string of the molecule is c1ccc(-c2ccc(-c3nc(-c4ccc(-c5ccccc5)cc4)nc(-c4ccccc4-n4c5ccccc5c5ccc6c7ccccc7n(-c7nc(-c8ccccc8)nc(-c8ccccc8)n7)c6c54)n3)cc2)cc1. The Morgan fingerprint density at radius 2 is 0.541 bits per heavy atom. The predicted molar refractivity (Wildman–Crippen MR) is 300 cm³/mol. The molecule has 0 saturated carbocycles. The number of para-hydroxylation sites is 3. The Bertz CT molecular complexity index is 4220. The summed E-state index contributed by atoms with van der Waals surface area (Å²) in [4.78, 5) is 31.7. The van der Waals surface area contributed by atoms with Gasteiger partial charge in [0.05, 0.1) is 27.8 Å². The monoisotopic (exact) mass is 946 g/mol. The van der Waals surface area contributed by atoms with Crippen LogP contribution in [0.3, 0.4) is 0 Å². The molecule has 0 radical (unpaired) electrons. The number of nitrogens with zero attached hydrogens (tertiary/aromatic N) is 8. The summed E-state index contributed by atoms with van der Waals surface area (Å²) in [6.07, 6.45) is 0. The highest BCUT2D eigenvalue weighted by Crippen LogP contribution is 2.43. The van der Waals surface area contributed by atoms with Crippen LogP contribution in [-0.2, 0) is 0 Å². The predicted octanol–water partition coefficient (Wildman–Crippen LogP) is 15.9. The number of aromatic nitrogens is 8. The van der Waals surface area contributed by atoms with E-state index in [-0.39, 0.29) is 0 Å². The van der Waals surface area contributed by atoms with Crippen LogP contribution in [0, 0.1) is 0 Å². The van der Waals surface area contributed by atoms with E-state index in [0.29, 0.717) is 35.1 Å². The van der Waals surface area contributed by atoms with E-state index < -0.39 is 0 Å². The standard InChI is InChI=1S/C66H42N8/c1-5-19-43(20-6-1)45-33-37-49(38-34-45)61-67-62(50-39-35-46(36-40-50)44-21-7-2-8-22-44)70-65(69-61)55-29-15-18-32-58(55)73-56-30-16-13-27-51(56)53-41-42-54-52-28-14-17-31-57(52)74(60(54)59(53)73)66-71-63(47-23-9-3-10-24-47)68-64(72-66)48-25-11-4-12-26-48/h1-42H. The van der Waals surface area contributed by atoms with E-state index in [1.807, 2.05) is 72.8 Å². The fourth-order valence-corrected chi connectivity index (χ4v) is 10.4. The zero-order valence-electron chi connectivity index (χ0n) is 39.8. The van der Waals surface area contributed by atoms with Crippen molar-refractivity contribution in [2.75, 3.05) is 0 Å². The highest BCUT2D eigenvalue weighted by molar-refractivity contribution is 6.24. The molecule has 10 aromatic carbocycles. The third kappa shape index (κ3) is 7.40. The molecule has 0 atom stereocenters. The molecule has 4 aromatic heterocycles. The van der Waals surface area contributed by atoms with Gasteiger partial charge in [-0.05, 0) is 46.5 Å². The Morgan fingerprint density at radius 3 is 1.03 bits per heavy atom. The third-order valence-corrected chi connectivity index (χ3v) is 13.9. The van der Waals surface area contributed by atoms with E-state index in [1.165, 1.54) is 0 Å². The molecular weight excluding hydrogens is 905 g/mol. The van der Waals surface area contributed by atoms with Crippen molar-refractivity contribution in [2.45, 2.75) is 0 Å². The van der Waals surface area contributed by atoms with Crippen LogP contribution in [0.5, 0.6) is 0 Å². The normalized spacial score (nSPS) is 11.5. The van der Waals surface area contributed by atoms with Crippen molar-refractivity contribution >= 4 is 43.6 Å². The molecule has 14 aromatic rings. The Balaban J connectivity index is 1.02. The first kappa shape index (κ1) is 42.7. The number of hydrogen-bond acceptors (Lipinski definition) is 6. The lowest BCUT2D eigenvalue weighted by Gasteiger charge is -2.16. The second-order valence-corrected chi connectivity index (χ2v) is 18.3. The summed E-state index contributed by atoms with van der Waals surface area (Å²) < 4.78 is 4.60. The summed E-state index contributed by atoms with van der Waals surface area (Å²) in [5.74, 6) is 3.40. The summed E-state index contributed by atoms with van der Waals surface area (Å²) in [6, 6.07) is 88.1. The molecule has 0 N–H and O–H groups in total. The number of benzene rings is 10. The van der Waals surface area contributed by atoms with Crippen LogP contribution in [0.15, 0.2) is 255 Å². The van der Waals surface area contributed by atoms with Gasteiger partial charge in [0.1, 0.15) is 0 Å². The van der Waals surface area contributed by atoms with Crippen LogP contribution in [-0.4, -0.2) is 39.0 Å². The summed E-state index contributed by atoms with van der Waals surface area (Å²) in [5.41, 5.74) is 13.8. The average Bonchev–Trinajstić information content (AvgIpc) is 4.02. The van der Waals surface area contributed by atoms with Crippen LogP contribution in [0.1, 0.15) is 0 Å². The first-order chi connectivity index (χ1) is 36.7. The maximum absolute atomic E-state index is 5.37. The molecule has 0 aliphatic rings. The van der Waals surface area contributed by atoms with E-state index in [4.69, 9.17) is 29.9 Å². The van der Waals surface area contributed by atoms with Gasteiger partial charge in [-0.2, -0.15) is 9.97 Å². The van der Waals surface area contributed by atoms with Crippen molar-refractivity contribution < 1.29 is 0 Å². The van der Waals surface area contributed by atoms with E-state index in [2.05, 4.69) is 191 Å². The topological polar surface area (TPSA) is 87.2 Å². The largest absolute Gasteiger partial charge is 0.306 e. The van der Waals surface area contributed by atoms with Crippen LogP contribution < -0.4 is 0 Å². The second-order valence-electron chi connectivity index (χ2n) is 18.3. The van der Waals surface area contributed by atoms with E-state index >= 15 is 0 Å². The third-order valence-electron chi connectivity index (χ3n) is 13.9. The Kier molecular flexibility index (Phi) is 10.3. The second kappa shape index (κ2) is 17.9. The van der Waals surface area contributed by atoms with Gasteiger partial charge in [-0.3, -0.25) is 4.57 Å². The lowest BCUT2D eigenvalue weighted by molar-refractivity contribution is 0.953. The Labute approximate surface area is 426 Å². The van der Waals surface area contributed by atoms with Crippen molar-refractivity contribution in [2.24, 2.45) is 0 Å². The molecule has 0 unspecified atom stereocenters. The van der Waals surface area contributed by atoms with E-state index in [0.717, 1.165) is 99.4 Å². The summed E-state index contributed by atoms with van der Waals surface area (Å²) in [6.45, 7) is 0. The van der Waals surface area contributed by atoms with Crippen molar-refractivity contribution in [1.82, 2.24) is 39.0 Å².